The number of nitrogen functional groups attached to an aromatic ring is 1. The van der Waals surface area contributed by atoms with Gasteiger partial charge in [0, 0.05) is 30.0 Å². The number of hydrogen-bond acceptors (Lipinski definition) is 11. The van der Waals surface area contributed by atoms with E-state index in [0.29, 0.717) is 0 Å². The number of phenolic OH excluding ortho intramolecular Hbond substituents is 1. The van der Waals surface area contributed by atoms with Crippen molar-refractivity contribution in [2.45, 2.75) is 37.1 Å². The Labute approximate surface area is 185 Å². The van der Waals surface area contributed by atoms with Crippen LogP contribution in [0.1, 0.15) is 35.2 Å². The Balaban J connectivity index is 1.97. The maximum atomic E-state index is 13.4. The van der Waals surface area contributed by atoms with Crippen molar-refractivity contribution in [3.63, 3.8) is 0 Å². The second-order valence-electron chi connectivity index (χ2n) is 8.72. The molecular weight excluding hydrogens is 442 g/mol. The number of nitrogens with zero attached hydrogens (tertiary/aromatic N) is 1. The number of hydrogen-bond donors (Lipinski definition) is 7. The number of primary amides is 1. The molecule has 0 saturated heterocycles. The highest BCUT2D eigenvalue weighted by molar-refractivity contribution is 6.20. The predicted octanol–water partition coefficient (Wildman–Crippen LogP) is -1.23. The van der Waals surface area contributed by atoms with Crippen molar-refractivity contribution in [1.29, 1.82) is 0 Å². The summed E-state index contributed by atoms with van der Waals surface area (Å²) in [5, 5.41) is 65.8. The smallest absolute Gasteiger partial charge is 0.313 e. The van der Waals surface area contributed by atoms with Gasteiger partial charge in [-0.05, 0) is 11.5 Å². The van der Waals surface area contributed by atoms with E-state index in [4.69, 9.17) is 11.5 Å². The number of rotatable bonds is 2. The van der Waals surface area contributed by atoms with Crippen molar-refractivity contribution in [1.82, 2.24) is 0 Å². The number of carbonyl (C=O) groups is 3. The van der Waals surface area contributed by atoms with Gasteiger partial charge in [0.1, 0.15) is 17.4 Å². The van der Waals surface area contributed by atoms with Crippen molar-refractivity contribution >= 4 is 28.8 Å². The van der Waals surface area contributed by atoms with Crippen LogP contribution < -0.4 is 11.5 Å². The zero-order chi connectivity index (χ0) is 24.7. The minimum Gasteiger partial charge on any atom is -0.508 e. The normalized spacial score (nSPS) is 35.5. The van der Waals surface area contributed by atoms with E-state index in [9.17, 15) is 50.0 Å². The second kappa shape index (κ2) is 6.97. The Bertz CT molecular complexity index is 1180. The van der Waals surface area contributed by atoms with E-state index in [1.807, 2.05) is 0 Å². The number of nitro groups is 1. The first-order valence-electron chi connectivity index (χ1n) is 9.95. The average molecular weight is 463 g/mol. The minimum atomic E-state index is -2.80. The van der Waals surface area contributed by atoms with E-state index in [-0.39, 0.29) is 11.3 Å². The molecular formula is C20H21N3O10. The monoisotopic (exact) mass is 463 g/mol. The number of fused-ring (bicyclic) bond motifs is 3. The largest absolute Gasteiger partial charge is 0.508 e. The SMILES string of the molecule is C[C@@H]1c2c(N)cc([N+](=O)[O-])c(O)c2C(=O)C2C1[C@@H](O)C1CC(=O)C(C(N)=O)=C(O)C1(O)C2O. The lowest BCUT2D eigenvalue weighted by atomic mass is 9.51. The summed E-state index contributed by atoms with van der Waals surface area (Å²) in [6, 6.07) is 0.873. The maximum Gasteiger partial charge on any atom is 0.313 e. The predicted molar refractivity (Wildman–Crippen MR) is 108 cm³/mol. The molecule has 1 aromatic carbocycles. The van der Waals surface area contributed by atoms with Crippen LogP contribution in [-0.2, 0) is 9.59 Å². The molecule has 4 rings (SSSR count). The molecule has 0 spiro atoms. The van der Waals surface area contributed by atoms with Gasteiger partial charge in [-0.3, -0.25) is 24.5 Å². The number of phenols is 1. The summed E-state index contributed by atoms with van der Waals surface area (Å²) in [6.07, 6.45) is -4.48. The first kappa shape index (κ1) is 22.6. The third kappa shape index (κ3) is 2.66. The fraction of sp³-hybridized carbons (Fsp3) is 0.450. The number of ketones is 2. The van der Waals surface area contributed by atoms with Gasteiger partial charge in [0.25, 0.3) is 5.91 Å². The summed E-state index contributed by atoms with van der Waals surface area (Å²) in [5.74, 6) is -10.9. The Morgan fingerprint density at radius 2 is 1.88 bits per heavy atom. The van der Waals surface area contributed by atoms with Crippen molar-refractivity contribution in [3.05, 3.63) is 38.6 Å². The first-order chi connectivity index (χ1) is 15.3. The van der Waals surface area contributed by atoms with Crippen LogP contribution in [0.25, 0.3) is 0 Å². The molecule has 1 fully saturated rings. The fourth-order valence-corrected chi connectivity index (χ4v) is 5.78. The molecule has 3 aliphatic rings. The summed E-state index contributed by atoms with van der Waals surface area (Å²) in [7, 11) is 0. The van der Waals surface area contributed by atoms with E-state index < -0.39 is 98.6 Å². The molecule has 3 aliphatic carbocycles. The Morgan fingerprint density at radius 1 is 1.27 bits per heavy atom. The number of aliphatic hydroxyl groups is 4. The molecule has 0 aromatic heterocycles. The van der Waals surface area contributed by atoms with E-state index in [2.05, 4.69) is 0 Å². The van der Waals surface area contributed by atoms with Gasteiger partial charge < -0.3 is 37.0 Å². The van der Waals surface area contributed by atoms with Crippen molar-refractivity contribution in [3.8, 4) is 5.75 Å². The lowest BCUT2D eigenvalue weighted by molar-refractivity contribution is -0.385. The zero-order valence-corrected chi connectivity index (χ0v) is 17.1. The number of benzene rings is 1. The standard InChI is InChI=1S/C20H21N3O10/c1-4-9-6(21)3-7(23(32)33)15(26)12(9)16(27)13-10(4)14(25)5-2-8(24)11(19(22)30)17(28)20(5,31)18(13)29/h3-5,10,13-14,18,25-26,28-29,31H,2,21H2,1H3,(H2,22,30)/t4-,5?,10?,13?,14+,18?,20?/m1/s1. The number of anilines is 1. The number of nitrogens with two attached hydrogens (primary N) is 2. The van der Waals surface area contributed by atoms with E-state index in [0.717, 1.165) is 6.07 Å². The van der Waals surface area contributed by atoms with E-state index in [1.165, 1.54) is 6.92 Å². The van der Waals surface area contributed by atoms with Gasteiger partial charge >= 0.3 is 5.69 Å². The summed E-state index contributed by atoms with van der Waals surface area (Å²) in [6.45, 7) is 1.50. The third-order valence-corrected chi connectivity index (χ3v) is 7.25. The highest BCUT2D eigenvalue weighted by Crippen LogP contribution is 2.57. The van der Waals surface area contributed by atoms with Gasteiger partial charge in [-0.15, -0.1) is 0 Å². The van der Waals surface area contributed by atoms with Crippen LogP contribution in [0.5, 0.6) is 5.75 Å². The maximum absolute atomic E-state index is 13.4. The molecule has 1 amide bonds. The van der Waals surface area contributed by atoms with Crippen LogP contribution in [-0.4, -0.2) is 65.7 Å². The van der Waals surface area contributed by atoms with Gasteiger partial charge in [0.05, 0.1) is 22.5 Å². The molecule has 5 unspecified atom stereocenters. The van der Waals surface area contributed by atoms with E-state index in [1.54, 1.807) is 0 Å². The highest BCUT2D eigenvalue weighted by Gasteiger charge is 2.67. The summed E-state index contributed by atoms with van der Waals surface area (Å²) in [5.41, 5.74) is 5.72. The van der Waals surface area contributed by atoms with Crippen LogP contribution in [0.2, 0.25) is 0 Å². The summed E-state index contributed by atoms with van der Waals surface area (Å²) < 4.78 is 0. The topological polar surface area (TPSA) is 248 Å². The van der Waals surface area contributed by atoms with Gasteiger partial charge in [-0.1, -0.05) is 6.92 Å². The molecule has 13 nitrogen and oxygen atoms in total. The Morgan fingerprint density at radius 3 is 2.42 bits per heavy atom. The lowest BCUT2D eigenvalue weighted by Crippen LogP contribution is -2.69. The molecule has 13 heteroatoms. The van der Waals surface area contributed by atoms with Crippen molar-refractivity contribution in [2.24, 2.45) is 23.5 Å². The van der Waals surface area contributed by atoms with Crippen LogP contribution in [0.3, 0.4) is 0 Å². The minimum absolute atomic E-state index is 0.0146. The molecule has 9 N–H and O–H groups in total. The molecule has 1 saturated carbocycles. The number of aliphatic hydroxyl groups excluding tert-OH is 3. The molecule has 0 heterocycles. The van der Waals surface area contributed by atoms with Gasteiger partial charge in [-0.2, -0.15) is 0 Å². The Kier molecular flexibility index (Phi) is 4.78. The fourth-order valence-electron chi connectivity index (χ4n) is 5.78. The summed E-state index contributed by atoms with van der Waals surface area (Å²) in [4.78, 5) is 47.8. The van der Waals surface area contributed by atoms with Crippen LogP contribution in [0, 0.1) is 27.9 Å². The first-order valence-corrected chi connectivity index (χ1v) is 9.95. The van der Waals surface area contributed by atoms with Gasteiger partial charge in [-0.25, -0.2) is 0 Å². The quantitative estimate of drug-likeness (QED) is 0.0898. The number of amides is 1. The zero-order valence-electron chi connectivity index (χ0n) is 17.1. The average Bonchev–Trinajstić information content (AvgIpc) is 2.72. The lowest BCUT2D eigenvalue weighted by Gasteiger charge is -2.56. The molecule has 176 valence electrons. The Hall–Kier alpha value is -3.55. The van der Waals surface area contributed by atoms with Crippen LogP contribution in [0.4, 0.5) is 11.4 Å². The number of nitro benzene ring substituents is 1. The van der Waals surface area contributed by atoms with Gasteiger partial charge in [0.15, 0.2) is 17.2 Å². The molecule has 0 bridgehead atoms. The van der Waals surface area contributed by atoms with Gasteiger partial charge in [0.2, 0.25) is 5.75 Å². The third-order valence-electron chi connectivity index (χ3n) is 7.25. The molecule has 0 aliphatic heterocycles. The number of Topliss-reactive ketones (excluding diaryl/α,β-unsaturated/α-hetero) is 2. The van der Waals surface area contributed by atoms with Crippen LogP contribution in [0.15, 0.2) is 17.4 Å². The molecule has 7 atom stereocenters. The molecule has 1 aromatic rings. The molecule has 0 radical (unpaired) electrons. The van der Waals surface area contributed by atoms with E-state index >= 15 is 0 Å². The number of carbonyl (C=O) groups excluding carboxylic acids is 3. The summed E-state index contributed by atoms with van der Waals surface area (Å²) >= 11 is 0. The van der Waals surface area contributed by atoms with Crippen molar-refractivity contribution < 1.29 is 44.8 Å². The highest BCUT2D eigenvalue weighted by atomic mass is 16.6. The second-order valence-corrected chi connectivity index (χ2v) is 8.72. The number of aromatic hydroxyl groups is 1. The van der Waals surface area contributed by atoms with Crippen molar-refractivity contribution in [2.75, 3.05) is 5.73 Å². The molecule has 33 heavy (non-hydrogen) atoms. The van der Waals surface area contributed by atoms with Crippen LogP contribution >= 0.6 is 0 Å².